The number of nitriles is 1. The van der Waals surface area contributed by atoms with Crippen LogP contribution < -0.4 is 11.1 Å². The molecular weight excluding hydrogens is 406 g/mol. The van der Waals surface area contributed by atoms with Crippen LogP contribution in [0.2, 0.25) is 0 Å². The monoisotopic (exact) mass is 429 g/mol. The first kappa shape index (κ1) is 21.4. The SMILES string of the molecule is N#Cc1ccc(NC(=O)C2(c3ccc(-c4cnc(N)c(CO)c4)cc3)CCOCC2)nc1. The van der Waals surface area contributed by atoms with Crippen LogP contribution in [0.5, 0.6) is 0 Å². The van der Waals surface area contributed by atoms with E-state index in [-0.39, 0.29) is 12.5 Å². The van der Waals surface area contributed by atoms with E-state index in [1.165, 1.54) is 6.20 Å². The van der Waals surface area contributed by atoms with Crippen LogP contribution in [0.1, 0.15) is 29.5 Å². The van der Waals surface area contributed by atoms with E-state index in [9.17, 15) is 9.90 Å². The van der Waals surface area contributed by atoms with E-state index in [0.717, 1.165) is 16.7 Å². The molecule has 3 heterocycles. The number of hydrogen-bond donors (Lipinski definition) is 3. The zero-order chi connectivity index (χ0) is 22.6. The zero-order valence-electron chi connectivity index (χ0n) is 17.4. The molecule has 1 fully saturated rings. The number of benzene rings is 1. The highest BCUT2D eigenvalue weighted by Crippen LogP contribution is 2.37. The number of aromatic nitrogens is 2. The molecular formula is C24H23N5O3. The van der Waals surface area contributed by atoms with Gasteiger partial charge in [0.1, 0.15) is 17.7 Å². The summed E-state index contributed by atoms with van der Waals surface area (Å²) < 4.78 is 5.53. The van der Waals surface area contributed by atoms with Crippen molar-refractivity contribution >= 4 is 17.5 Å². The molecule has 3 aromatic rings. The molecule has 162 valence electrons. The lowest BCUT2D eigenvalue weighted by atomic mass is 9.73. The molecule has 0 aliphatic carbocycles. The van der Waals surface area contributed by atoms with Gasteiger partial charge in [-0.1, -0.05) is 24.3 Å². The van der Waals surface area contributed by atoms with Crippen LogP contribution in [-0.4, -0.2) is 34.2 Å². The molecule has 0 radical (unpaired) electrons. The fourth-order valence-corrected chi connectivity index (χ4v) is 3.92. The number of amides is 1. The maximum atomic E-state index is 13.4. The number of pyridine rings is 2. The fraction of sp³-hybridized carbons (Fsp3) is 0.250. The average molecular weight is 429 g/mol. The van der Waals surface area contributed by atoms with Crippen molar-refractivity contribution in [1.82, 2.24) is 9.97 Å². The quantitative estimate of drug-likeness (QED) is 0.568. The maximum Gasteiger partial charge on any atom is 0.236 e. The second-order valence-corrected chi connectivity index (χ2v) is 7.70. The molecule has 2 aromatic heterocycles. The van der Waals surface area contributed by atoms with Crippen molar-refractivity contribution in [3.05, 3.63) is 71.5 Å². The molecule has 1 aromatic carbocycles. The van der Waals surface area contributed by atoms with Gasteiger partial charge in [0, 0.05) is 36.7 Å². The van der Waals surface area contributed by atoms with E-state index in [1.807, 2.05) is 36.4 Å². The Kier molecular flexibility index (Phi) is 6.12. The van der Waals surface area contributed by atoms with Crippen molar-refractivity contribution in [3.8, 4) is 17.2 Å². The van der Waals surface area contributed by atoms with Crippen LogP contribution in [-0.2, 0) is 21.6 Å². The average Bonchev–Trinajstić information content (AvgIpc) is 2.85. The van der Waals surface area contributed by atoms with Gasteiger partial charge in [-0.2, -0.15) is 5.26 Å². The van der Waals surface area contributed by atoms with Crippen LogP contribution in [0.25, 0.3) is 11.1 Å². The molecule has 8 heteroatoms. The molecule has 1 saturated heterocycles. The van der Waals surface area contributed by atoms with Crippen LogP contribution in [0, 0.1) is 11.3 Å². The van der Waals surface area contributed by atoms with Gasteiger partial charge in [-0.15, -0.1) is 0 Å². The van der Waals surface area contributed by atoms with Gasteiger partial charge in [0.2, 0.25) is 5.91 Å². The summed E-state index contributed by atoms with van der Waals surface area (Å²) >= 11 is 0. The highest BCUT2D eigenvalue weighted by Gasteiger charge is 2.41. The summed E-state index contributed by atoms with van der Waals surface area (Å²) in [6.45, 7) is 0.785. The molecule has 0 spiro atoms. The van der Waals surface area contributed by atoms with Gasteiger partial charge in [0.05, 0.1) is 17.6 Å². The summed E-state index contributed by atoms with van der Waals surface area (Å²) in [6.07, 6.45) is 4.19. The van der Waals surface area contributed by atoms with Crippen LogP contribution in [0.4, 0.5) is 11.6 Å². The first-order valence-corrected chi connectivity index (χ1v) is 10.3. The minimum absolute atomic E-state index is 0.150. The molecule has 1 aliphatic heterocycles. The van der Waals surface area contributed by atoms with Crippen molar-refractivity contribution in [2.75, 3.05) is 24.3 Å². The van der Waals surface area contributed by atoms with E-state index < -0.39 is 5.41 Å². The number of anilines is 2. The minimum atomic E-state index is -0.748. The van der Waals surface area contributed by atoms with Gasteiger partial charge in [-0.05, 0) is 42.2 Å². The summed E-state index contributed by atoms with van der Waals surface area (Å²) in [7, 11) is 0. The molecule has 0 atom stereocenters. The standard InChI is InChI=1S/C24H23N5O3/c25-12-16-1-6-21(27-13-16)29-23(31)24(7-9-32-10-8-24)20-4-2-17(3-5-20)18-11-19(15-30)22(26)28-14-18/h1-6,11,13-14,30H,7-10,15H2,(H2,26,28)(H,27,29,31). The van der Waals surface area contributed by atoms with Crippen molar-refractivity contribution in [2.45, 2.75) is 24.9 Å². The minimum Gasteiger partial charge on any atom is -0.392 e. The molecule has 8 nitrogen and oxygen atoms in total. The fourth-order valence-electron chi connectivity index (χ4n) is 3.92. The summed E-state index contributed by atoms with van der Waals surface area (Å²) in [5, 5.41) is 21.3. The topological polar surface area (TPSA) is 134 Å². The van der Waals surface area contributed by atoms with E-state index in [2.05, 4.69) is 15.3 Å². The summed E-state index contributed by atoms with van der Waals surface area (Å²) in [4.78, 5) is 21.7. The Morgan fingerprint density at radius 1 is 1.12 bits per heavy atom. The second-order valence-electron chi connectivity index (χ2n) is 7.70. The van der Waals surface area contributed by atoms with Crippen molar-refractivity contribution < 1.29 is 14.6 Å². The number of hydrogen-bond acceptors (Lipinski definition) is 7. The normalized spacial score (nSPS) is 15.0. The molecule has 4 rings (SSSR count). The van der Waals surface area contributed by atoms with Crippen molar-refractivity contribution in [2.24, 2.45) is 0 Å². The zero-order valence-corrected chi connectivity index (χ0v) is 17.4. The van der Waals surface area contributed by atoms with Gasteiger partial charge in [-0.25, -0.2) is 9.97 Å². The number of aliphatic hydroxyl groups excluding tert-OH is 1. The summed E-state index contributed by atoms with van der Waals surface area (Å²) in [5.74, 6) is 0.561. The number of nitrogens with one attached hydrogen (secondary N) is 1. The third-order valence-electron chi connectivity index (χ3n) is 5.86. The number of carbonyl (C=O) groups is 1. The summed E-state index contributed by atoms with van der Waals surface area (Å²) in [6, 6.07) is 14.8. The number of aliphatic hydroxyl groups is 1. The van der Waals surface area contributed by atoms with E-state index in [4.69, 9.17) is 15.7 Å². The molecule has 1 amide bonds. The predicted molar refractivity (Wildman–Crippen MR) is 119 cm³/mol. The second kappa shape index (κ2) is 9.14. The van der Waals surface area contributed by atoms with Crippen LogP contribution in [0.3, 0.4) is 0 Å². The Bertz CT molecular complexity index is 1150. The van der Waals surface area contributed by atoms with Crippen LogP contribution >= 0.6 is 0 Å². The Balaban J connectivity index is 1.62. The van der Waals surface area contributed by atoms with E-state index in [1.54, 1.807) is 18.3 Å². The highest BCUT2D eigenvalue weighted by molar-refractivity contribution is 5.98. The lowest BCUT2D eigenvalue weighted by molar-refractivity contribution is -0.125. The Hall–Kier alpha value is -3.80. The van der Waals surface area contributed by atoms with Gasteiger partial charge in [0.25, 0.3) is 0 Å². The molecule has 0 saturated carbocycles. The number of ether oxygens (including phenoxy) is 1. The van der Waals surface area contributed by atoms with E-state index >= 15 is 0 Å². The van der Waals surface area contributed by atoms with Gasteiger partial charge in [-0.3, -0.25) is 4.79 Å². The lowest BCUT2D eigenvalue weighted by Gasteiger charge is -2.36. The Labute approximate surface area is 185 Å². The predicted octanol–water partition coefficient (Wildman–Crippen LogP) is 2.78. The van der Waals surface area contributed by atoms with Gasteiger partial charge >= 0.3 is 0 Å². The Morgan fingerprint density at radius 2 is 1.88 bits per heavy atom. The third-order valence-corrected chi connectivity index (χ3v) is 5.86. The lowest BCUT2D eigenvalue weighted by Crippen LogP contribution is -2.45. The highest BCUT2D eigenvalue weighted by atomic mass is 16.5. The Morgan fingerprint density at radius 3 is 2.50 bits per heavy atom. The van der Waals surface area contributed by atoms with Crippen LogP contribution in [0.15, 0.2) is 54.9 Å². The number of nitrogens with zero attached hydrogens (tertiary/aromatic N) is 3. The number of nitrogen functional groups attached to an aromatic ring is 1. The van der Waals surface area contributed by atoms with Crippen molar-refractivity contribution in [1.29, 1.82) is 5.26 Å². The summed E-state index contributed by atoms with van der Waals surface area (Å²) in [5.41, 5.74) is 8.67. The smallest absolute Gasteiger partial charge is 0.236 e. The molecule has 0 unspecified atom stereocenters. The molecule has 1 aliphatic rings. The first-order valence-electron chi connectivity index (χ1n) is 10.3. The van der Waals surface area contributed by atoms with E-state index in [0.29, 0.717) is 48.8 Å². The first-order chi connectivity index (χ1) is 15.6. The maximum absolute atomic E-state index is 13.4. The molecule has 4 N–H and O–H groups in total. The van der Waals surface area contributed by atoms with Gasteiger partial charge in [0.15, 0.2) is 0 Å². The number of nitrogens with two attached hydrogens (primary N) is 1. The number of carbonyl (C=O) groups excluding carboxylic acids is 1. The number of rotatable bonds is 5. The van der Waals surface area contributed by atoms with Crippen molar-refractivity contribution in [3.63, 3.8) is 0 Å². The molecule has 32 heavy (non-hydrogen) atoms. The molecule has 0 bridgehead atoms. The third kappa shape index (κ3) is 4.17. The largest absolute Gasteiger partial charge is 0.392 e. The van der Waals surface area contributed by atoms with Gasteiger partial charge < -0.3 is 20.9 Å².